The molecule has 0 unspecified atom stereocenters. The number of nitrogens with one attached hydrogen (secondary N) is 2. The summed E-state index contributed by atoms with van der Waals surface area (Å²) in [6.45, 7) is 0. The van der Waals surface area contributed by atoms with E-state index in [4.69, 9.17) is 0 Å². The van der Waals surface area contributed by atoms with Crippen molar-refractivity contribution in [1.82, 2.24) is 0 Å². The molecule has 8 heteroatoms. The van der Waals surface area contributed by atoms with E-state index < -0.39 is 0 Å². The second-order valence-corrected chi connectivity index (χ2v) is 6.18. The number of hydrogen-bond acceptors (Lipinski definition) is 4. The van der Waals surface area contributed by atoms with Crippen molar-refractivity contribution in [3.05, 3.63) is 48.5 Å². The molecule has 0 bridgehead atoms. The maximum Gasteiger partial charge on any atom is 0.234 e. The average Bonchev–Trinajstić information content (AvgIpc) is 2.62. The predicted octanol–water partition coefficient (Wildman–Crippen LogP) is 4.85. The van der Waals surface area contributed by atoms with Gasteiger partial charge in [0, 0.05) is 11.4 Å². The SMILES string of the molecule is O=C(CI)N[13c]1[13cH][13cH][13c](N=N[13c]2[13cH][13cH][13c](NC(=O)CI)[13cH][13cH]2)[13cH][13cH]1. The van der Waals surface area contributed by atoms with E-state index in [9.17, 15) is 9.59 Å². The quantitative estimate of drug-likeness (QED) is 0.301. The molecule has 0 saturated heterocycles. The molecule has 0 aliphatic carbocycles. The Hall–Kier alpha value is -1.56. The van der Waals surface area contributed by atoms with E-state index >= 15 is 0 Å². The molecule has 0 fully saturated rings. The van der Waals surface area contributed by atoms with Crippen molar-refractivity contribution in [3.8, 4) is 0 Å². The molecule has 0 aliphatic rings. The van der Waals surface area contributed by atoms with Crippen LogP contribution in [0.1, 0.15) is 0 Å². The highest BCUT2D eigenvalue weighted by Crippen LogP contribution is 2.21. The molecule has 24 heavy (non-hydrogen) atoms. The summed E-state index contributed by atoms with van der Waals surface area (Å²) in [5, 5.41) is 13.8. The zero-order valence-corrected chi connectivity index (χ0v) is 16.8. The Bertz CT molecular complexity index is 667. The van der Waals surface area contributed by atoms with E-state index in [0.29, 0.717) is 20.2 Å². The Morgan fingerprint density at radius 2 is 1.04 bits per heavy atom. The van der Waals surface area contributed by atoms with Crippen LogP contribution in [-0.4, -0.2) is 20.7 Å². The van der Waals surface area contributed by atoms with Gasteiger partial charge in [0.1, 0.15) is 0 Å². The van der Waals surface area contributed by atoms with Gasteiger partial charge in [0.25, 0.3) is 0 Å². The molecule has 2 aromatic rings. The van der Waals surface area contributed by atoms with Gasteiger partial charge in [-0.05, 0) is 48.5 Å². The predicted molar refractivity (Wildman–Crippen MR) is 112 cm³/mol. The number of halogens is 2. The van der Waals surface area contributed by atoms with Crippen LogP contribution >= 0.6 is 45.2 Å². The van der Waals surface area contributed by atoms with Gasteiger partial charge in [-0.3, -0.25) is 9.59 Å². The molecule has 2 aromatic carbocycles. The molecular weight excluding hydrogens is 546 g/mol. The van der Waals surface area contributed by atoms with Crippen molar-refractivity contribution in [2.45, 2.75) is 0 Å². The van der Waals surface area contributed by atoms with Crippen molar-refractivity contribution >= 4 is 79.7 Å². The molecule has 0 radical (unpaired) electrons. The minimum Gasteiger partial charge on any atom is -0.325 e. The molecule has 2 rings (SSSR count). The van der Waals surface area contributed by atoms with Gasteiger partial charge in [-0.2, -0.15) is 10.2 Å². The van der Waals surface area contributed by atoms with Crippen LogP contribution in [0, 0.1) is 0 Å². The normalized spacial score (nSPS) is 10.6. The van der Waals surface area contributed by atoms with Gasteiger partial charge in [0.15, 0.2) is 0 Å². The highest BCUT2D eigenvalue weighted by molar-refractivity contribution is 14.1. The van der Waals surface area contributed by atoms with Gasteiger partial charge in [0.2, 0.25) is 11.8 Å². The van der Waals surface area contributed by atoms with Gasteiger partial charge in [0.05, 0.1) is 20.2 Å². The van der Waals surface area contributed by atoms with Crippen LogP contribution in [0.5, 0.6) is 0 Å². The Kier molecular flexibility index (Phi) is 7.56. The van der Waals surface area contributed by atoms with Crippen LogP contribution < -0.4 is 10.6 Å². The Balaban J connectivity index is 1.97. The van der Waals surface area contributed by atoms with E-state index in [1.807, 2.05) is 45.2 Å². The number of amides is 2. The lowest BCUT2D eigenvalue weighted by Crippen LogP contribution is -2.11. The fourth-order valence-electron chi connectivity index (χ4n) is 1.73. The molecule has 0 saturated carbocycles. The van der Waals surface area contributed by atoms with Crippen LogP contribution in [0.3, 0.4) is 0 Å². The van der Waals surface area contributed by atoms with Crippen LogP contribution in [-0.2, 0) is 9.59 Å². The molecule has 2 amide bonds. The molecule has 124 valence electrons. The highest BCUT2D eigenvalue weighted by Gasteiger charge is 2.00. The van der Waals surface area contributed by atoms with Crippen LogP contribution in [0.2, 0.25) is 0 Å². The summed E-state index contributed by atoms with van der Waals surface area (Å²) in [6.07, 6.45) is 0. The minimum atomic E-state index is -0.0419. The Morgan fingerprint density at radius 3 is 1.33 bits per heavy atom. The highest BCUT2D eigenvalue weighted by atomic mass is 127. The molecule has 2 N–H and O–H groups in total. The molecule has 0 atom stereocenters. The van der Waals surface area contributed by atoms with E-state index in [1.165, 1.54) is 0 Å². The summed E-state index contributed by atoms with van der Waals surface area (Å²) < 4.78 is 0.820. The van der Waals surface area contributed by atoms with Gasteiger partial charge in [-0.15, -0.1) is 0 Å². The molecule has 0 spiro atoms. The number of rotatable bonds is 6. The van der Waals surface area contributed by atoms with Gasteiger partial charge in [-0.25, -0.2) is 0 Å². The average molecular weight is 560 g/mol. The number of carbonyl (C=O) groups excluding carboxylic acids is 2. The third kappa shape index (κ3) is 6.15. The summed E-state index contributed by atoms with van der Waals surface area (Å²) in [7, 11) is 0. The van der Waals surface area contributed by atoms with Crippen molar-refractivity contribution in [3.63, 3.8) is 0 Å². The molecule has 6 nitrogen and oxygen atoms in total. The number of hydrogen-bond donors (Lipinski definition) is 2. The monoisotopic (exact) mass is 560 g/mol. The first kappa shape index (κ1) is 18.8. The van der Waals surface area contributed by atoms with Gasteiger partial charge in [-0.1, -0.05) is 45.2 Å². The summed E-state index contributed by atoms with van der Waals surface area (Å²) in [6, 6.07) is 14.2. The van der Waals surface area contributed by atoms with Crippen LogP contribution in [0.4, 0.5) is 22.7 Å². The second kappa shape index (κ2) is 9.67. The lowest BCUT2D eigenvalue weighted by Gasteiger charge is -2.03. The maximum atomic E-state index is 11.3. The fourth-order valence-corrected chi connectivity index (χ4v) is 2.11. The summed E-state index contributed by atoms with van der Waals surface area (Å²) >= 11 is 4.02. The van der Waals surface area contributed by atoms with Crippen molar-refractivity contribution in [2.24, 2.45) is 10.2 Å². The van der Waals surface area contributed by atoms with E-state index in [-0.39, 0.29) is 11.8 Å². The van der Waals surface area contributed by atoms with E-state index in [0.717, 1.165) is 11.4 Å². The van der Waals surface area contributed by atoms with E-state index in [1.54, 1.807) is 48.5 Å². The first-order valence-electron chi connectivity index (χ1n) is 6.94. The topological polar surface area (TPSA) is 82.9 Å². The first-order chi connectivity index (χ1) is 11.6. The standard InChI is InChI=1S/C16H14I2N4O2/c17-9-15(23)19-11-1-5-13(6-2-11)21-22-14-7-3-12(4-8-14)20-16(24)10-18/h1-8H,9-10H2,(H,19,23)(H,20,24)/i1+1,2+1,3+1,4+1,5+1,6+1,7+1,8+1,11+1,12+1,13+1,14+1. The van der Waals surface area contributed by atoms with Gasteiger partial charge < -0.3 is 10.6 Å². The second-order valence-electron chi connectivity index (χ2n) is 4.66. The lowest BCUT2D eigenvalue weighted by molar-refractivity contribution is -0.114. The molecular formula is C16H14I2N4O2. The number of azo groups is 1. The zero-order chi connectivity index (χ0) is 17.4. The smallest absolute Gasteiger partial charge is 0.234 e. The number of anilines is 2. The lowest BCUT2D eigenvalue weighted by atomic mass is 10.7. The summed E-state index contributed by atoms with van der Waals surface area (Å²) in [5.74, 6) is -0.0838. The summed E-state index contributed by atoms with van der Waals surface area (Å²) in [5.41, 5.74) is 2.83. The molecule has 0 aromatic heterocycles. The third-order valence-corrected chi connectivity index (χ3v) is 4.21. The Labute approximate surface area is 166 Å². The summed E-state index contributed by atoms with van der Waals surface area (Å²) in [4.78, 5) is 22.6. The number of alkyl halides is 2. The largest absolute Gasteiger partial charge is 0.325 e. The maximum absolute atomic E-state index is 11.3. The zero-order valence-electron chi connectivity index (χ0n) is 12.5. The minimum absolute atomic E-state index is 0.0419. The van der Waals surface area contributed by atoms with E-state index in [2.05, 4.69) is 20.9 Å². The molecule has 0 heterocycles. The van der Waals surface area contributed by atoms with Crippen molar-refractivity contribution in [2.75, 3.05) is 19.5 Å². The van der Waals surface area contributed by atoms with Crippen LogP contribution in [0.25, 0.3) is 0 Å². The number of nitrogens with zero attached hydrogens (tertiary/aromatic N) is 2. The molecule has 0 aliphatic heterocycles. The van der Waals surface area contributed by atoms with Gasteiger partial charge >= 0.3 is 0 Å². The number of benzene rings is 2. The Morgan fingerprint density at radius 1 is 0.708 bits per heavy atom. The van der Waals surface area contributed by atoms with Crippen molar-refractivity contribution in [1.29, 1.82) is 0 Å². The van der Waals surface area contributed by atoms with Crippen molar-refractivity contribution < 1.29 is 9.59 Å². The van der Waals surface area contributed by atoms with Crippen LogP contribution in [0.15, 0.2) is 58.8 Å². The third-order valence-electron chi connectivity index (χ3n) is 2.83. The number of carbonyl (C=O) groups is 2. The first-order valence-corrected chi connectivity index (χ1v) is 9.99. The fraction of sp³-hybridized carbons (Fsp3) is 0.125.